The van der Waals surface area contributed by atoms with E-state index in [1.54, 1.807) is 6.07 Å². The van der Waals surface area contributed by atoms with E-state index in [0.29, 0.717) is 5.56 Å². The van der Waals surface area contributed by atoms with Crippen molar-refractivity contribution >= 4 is 5.84 Å². The molecule has 0 spiro atoms. The summed E-state index contributed by atoms with van der Waals surface area (Å²) in [6.45, 7) is 1.53. The monoisotopic (exact) mass is 271 g/mol. The van der Waals surface area contributed by atoms with Crippen molar-refractivity contribution in [1.82, 2.24) is 5.32 Å². The highest BCUT2D eigenvalue weighted by Crippen LogP contribution is 2.10. The van der Waals surface area contributed by atoms with Crippen LogP contribution >= 0.6 is 0 Å². The van der Waals surface area contributed by atoms with Crippen molar-refractivity contribution in [3.8, 4) is 0 Å². The Morgan fingerprint density at radius 2 is 2.16 bits per heavy atom. The van der Waals surface area contributed by atoms with E-state index in [4.69, 9.17) is 16.0 Å². The van der Waals surface area contributed by atoms with E-state index < -0.39 is 11.4 Å². The van der Waals surface area contributed by atoms with Crippen LogP contribution in [0, 0.1) is 5.82 Å². The first-order valence-electron chi connectivity index (χ1n) is 5.69. The van der Waals surface area contributed by atoms with Gasteiger partial charge in [0.1, 0.15) is 5.82 Å². The van der Waals surface area contributed by atoms with Crippen molar-refractivity contribution in [2.45, 2.75) is 19.1 Å². The molecule has 1 atom stereocenters. The molecule has 0 bridgehead atoms. The van der Waals surface area contributed by atoms with Gasteiger partial charge in [-0.25, -0.2) is 4.39 Å². The molecule has 0 saturated heterocycles. The summed E-state index contributed by atoms with van der Waals surface area (Å²) >= 11 is 0. The highest BCUT2D eigenvalue weighted by atomic mass is 19.1. The smallest absolute Gasteiger partial charge is 0.170 e. The lowest BCUT2D eigenvalue weighted by Gasteiger charge is -2.20. The topological polar surface area (TPSA) is 111 Å². The number of oxime groups is 1. The van der Waals surface area contributed by atoms with E-state index in [1.807, 2.05) is 0 Å². The van der Waals surface area contributed by atoms with Crippen LogP contribution < -0.4 is 11.1 Å². The van der Waals surface area contributed by atoms with Crippen LogP contribution in [0.1, 0.15) is 18.1 Å². The molecule has 6 N–H and O–H groups in total. The van der Waals surface area contributed by atoms with Gasteiger partial charge in [-0.05, 0) is 30.7 Å². The number of benzene rings is 1. The second-order valence-corrected chi connectivity index (χ2v) is 4.59. The highest BCUT2D eigenvalue weighted by molar-refractivity contribution is 5.97. The van der Waals surface area contributed by atoms with E-state index in [-0.39, 0.29) is 31.1 Å². The van der Waals surface area contributed by atoms with Crippen molar-refractivity contribution in [3.63, 3.8) is 0 Å². The third-order valence-corrected chi connectivity index (χ3v) is 2.54. The lowest BCUT2D eigenvalue weighted by atomic mass is 10.1. The zero-order valence-electron chi connectivity index (χ0n) is 10.6. The molecule has 1 aromatic carbocycles. The molecule has 0 radical (unpaired) electrons. The van der Waals surface area contributed by atoms with E-state index in [9.17, 15) is 9.50 Å². The molecule has 1 rings (SSSR count). The molecule has 7 heteroatoms. The Balaban J connectivity index is 2.72. The molecule has 6 nitrogen and oxygen atoms in total. The Bertz CT molecular complexity index is 464. The minimum Gasteiger partial charge on any atom is -0.409 e. The molecular weight excluding hydrogens is 253 g/mol. The molecule has 0 aliphatic heterocycles. The second kappa shape index (κ2) is 6.46. The lowest BCUT2D eigenvalue weighted by Crippen LogP contribution is -2.40. The van der Waals surface area contributed by atoms with Crippen molar-refractivity contribution in [3.05, 3.63) is 35.1 Å². The average Bonchev–Trinajstić information content (AvgIpc) is 2.37. The molecule has 1 aromatic rings. The summed E-state index contributed by atoms with van der Waals surface area (Å²) in [6.07, 6.45) is 0. The van der Waals surface area contributed by atoms with E-state index >= 15 is 0 Å². The molecule has 0 aromatic heterocycles. The van der Waals surface area contributed by atoms with Crippen LogP contribution in [0.3, 0.4) is 0 Å². The summed E-state index contributed by atoms with van der Waals surface area (Å²) in [7, 11) is 0. The molecule has 0 aliphatic carbocycles. The fourth-order valence-electron chi connectivity index (χ4n) is 1.49. The van der Waals surface area contributed by atoms with Gasteiger partial charge >= 0.3 is 0 Å². The van der Waals surface area contributed by atoms with Gasteiger partial charge in [-0.2, -0.15) is 0 Å². The van der Waals surface area contributed by atoms with Crippen LogP contribution in [-0.4, -0.2) is 40.0 Å². The maximum Gasteiger partial charge on any atom is 0.170 e. The first-order chi connectivity index (χ1) is 8.88. The Hall–Kier alpha value is -1.70. The molecule has 106 valence electrons. The van der Waals surface area contributed by atoms with Crippen LogP contribution in [0.2, 0.25) is 0 Å². The predicted molar refractivity (Wildman–Crippen MR) is 68.3 cm³/mol. The van der Waals surface area contributed by atoms with Crippen molar-refractivity contribution < 1.29 is 19.8 Å². The van der Waals surface area contributed by atoms with Crippen LogP contribution in [0.4, 0.5) is 4.39 Å². The summed E-state index contributed by atoms with van der Waals surface area (Å²) in [5, 5.41) is 32.7. The van der Waals surface area contributed by atoms with E-state index in [0.717, 1.165) is 6.07 Å². The quantitative estimate of drug-likeness (QED) is 0.212. The zero-order valence-corrected chi connectivity index (χ0v) is 10.6. The van der Waals surface area contributed by atoms with Gasteiger partial charge < -0.3 is 26.5 Å². The minimum absolute atomic E-state index is 0.152. The number of aliphatic hydroxyl groups is 2. The fraction of sp³-hybridized carbons (Fsp3) is 0.417. The maximum atomic E-state index is 13.3. The zero-order chi connectivity index (χ0) is 14.5. The molecule has 1 unspecified atom stereocenters. The third-order valence-electron chi connectivity index (χ3n) is 2.54. The van der Waals surface area contributed by atoms with Gasteiger partial charge in [-0.15, -0.1) is 0 Å². The number of nitrogens with zero attached hydrogens (tertiary/aromatic N) is 1. The molecule has 0 amide bonds. The number of amidine groups is 1. The molecule has 0 heterocycles. The second-order valence-electron chi connectivity index (χ2n) is 4.59. The van der Waals surface area contributed by atoms with Gasteiger partial charge in [0, 0.05) is 18.7 Å². The summed E-state index contributed by atoms with van der Waals surface area (Å²) < 4.78 is 13.3. The molecule has 0 saturated carbocycles. The standard InChI is InChI=1S/C12H18FN3O3/c1-12(18,7-17)6-15-5-8-2-9(11(14)16-19)4-10(13)3-8/h2-4,15,17-19H,5-7H2,1H3,(H2,14,16). The normalized spacial score (nSPS) is 15.3. The van der Waals surface area contributed by atoms with Gasteiger partial charge in [0.05, 0.1) is 12.2 Å². The Morgan fingerprint density at radius 1 is 1.47 bits per heavy atom. The van der Waals surface area contributed by atoms with Crippen LogP contribution in [0.15, 0.2) is 23.4 Å². The molecule has 19 heavy (non-hydrogen) atoms. The van der Waals surface area contributed by atoms with Gasteiger partial charge in [-0.1, -0.05) is 5.16 Å². The molecule has 0 fully saturated rings. The van der Waals surface area contributed by atoms with Gasteiger partial charge in [-0.3, -0.25) is 0 Å². The average molecular weight is 271 g/mol. The van der Waals surface area contributed by atoms with Crippen molar-refractivity contribution in [2.75, 3.05) is 13.2 Å². The van der Waals surface area contributed by atoms with E-state index in [2.05, 4.69) is 10.5 Å². The van der Waals surface area contributed by atoms with Gasteiger partial charge in [0.2, 0.25) is 0 Å². The van der Waals surface area contributed by atoms with E-state index in [1.165, 1.54) is 13.0 Å². The van der Waals surface area contributed by atoms with Crippen molar-refractivity contribution in [2.24, 2.45) is 10.9 Å². The van der Waals surface area contributed by atoms with Crippen LogP contribution in [0.5, 0.6) is 0 Å². The van der Waals surface area contributed by atoms with Crippen molar-refractivity contribution in [1.29, 1.82) is 0 Å². The van der Waals surface area contributed by atoms with Crippen LogP contribution in [0.25, 0.3) is 0 Å². The third kappa shape index (κ3) is 4.82. The number of nitrogens with two attached hydrogens (primary N) is 1. The Morgan fingerprint density at radius 3 is 2.74 bits per heavy atom. The first-order valence-corrected chi connectivity index (χ1v) is 5.69. The predicted octanol–water partition coefficient (Wildman–Crippen LogP) is -0.247. The number of hydrogen-bond acceptors (Lipinski definition) is 5. The Kier molecular flexibility index (Phi) is 5.22. The molecule has 0 aliphatic rings. The minimum atomic E-state index is -1.23. The largest absolute Gasteiger partial charge is 0.409 e. The lowest BCUT2D eigenvalue weighted by molar-refractivity contribution is 0.00253. The van der Waals surface area contributed by atoms with Gasteiger partial charge in [0.25, 0.3) is 0 Å². The fourth-order valence-corrected chi connectivity index (χ4v) is 1.49. The first kappa shape index (κ1) is 15.4. The highest BCUT2D eigenvalue weighted by Gasteiger charge is 2.17. The van der Waals surface area contributed by atoms with Crippen LogP contribution in [-0.2, 0) is 6.54 Å². The number of halogens is 1. The Labute approximate surface area is 110 Å². The summed E-state index contributed by atoms with van der Waals surface area (Å²) in [5.41, 5.74) is 5.01. The SMILES string of the molecule is CC(O)(CO)CNCc1cc(F)cc(/C(N)=N/O)c1. The molecular formula is C12H18FN3O3. The summed E-state index contributed by atoms with van der Waals surface area (Å²) in [4.78, 5) is 0. The summed E-state index contributed by atoms with van der Waals surface area (Å²) in [5.74, 6) is -0.682. The number of hydrogen-bond donors (Lipinski definition) is 5. The number of rotatable bonds is 6. The van der Waals surface area contributed by atoms with Gasteiger partial charge in [0.15, 0.2) is 5.84 Å². The number of aliphatic hydroxyl groups excluding tert-OH is 1. The maximum absolute atomic E-state index is 13.3. The number of nitrogens with one attached hydrogen (secondary N) is 1. The summed E-state index contributed by atoms with van der Waals surface area (Å²) in [6, 6.07) is 4.02.